The van der Waals surface area contributed by atoms with Crippen LogP contribution in [-0.2, 0) is 4.79 Å². The summed E-state index contributed by atoms with van der Waals surface area (Å²) in [6, 6.07) is 5.37. The van der Waals surface area contributed by atoms with Crippen molar-refractivity contribution in [2.75, 3.05) is 5.32 Å². The van der Waals surface area contributed by atoms with Crippen molar-refractivity contribution < 1.29 is 4.79 Å². The molecule has 0 bridgehead atoms. The van der Waals surface area contributed by atoms with Crippen LogP contribution in [0.15, 0.2) is 36.8 Å². The SMILES string of the molecule is NC1(C(=O)Nc2cccnc2-n2cccn2)CCC1. The van der Waals surface area contributed by atoms with Gasteiger partial charge >= 0.3 is 0 Å². The molecule has 0 spiro atoms. The summed E-state index contributed by atoms with van der Waals surface area (Å²) in [4.78, 5) is 16.4. The number of carbonyl (C=O) groups is 1. The third kappa shape index (κ3) is 2.10. The number of rotatable bonds is 3. The number of nitrogens with zero attached hydrogens (tertiary/aromatic N) is 3. The molecule has 0 radical (unpaired) electrons. The Labute approximate surface area is 110 Å². The molecule has 0 aromatic carbocycles. The van der Waals surface area contributed by atoms with E-state index in [4.69, 9.17) is 5.73 Å². The molecule has 2 aromatic heterocycles. The van der Waals surface area contributed by atoms with Crippen LogP contribution in [0.25, 0.3) is 5.82 Å². The maximum atomic E-state index is 12.1. The minimum Gasteiger partial charge on any atom is -0.321 e. The summed E-state index contributed by atoms with van der Waals surface area (Å²) in [7, 11) is 0. The van der Waals surface area contributed by atoms with Gasteiger partial charge in [-0.05, 0) is 37.5 Å². The third-order valence-corrected chi connectivity index (χ3v) is 3.45. The first kappa shape index (κ1) is 11.9. The molecular weight excluding hydrogens is 242 g/mol. The van der Waals surface area contributed by atoms with Crippen molar-refractivity contribution in [2.24, 2.45) is 5.73 Å². The predicted molar refractivity (Wildman–Crippen MR) is 70.8 cm³/mol. The lowest BCUT2D eigenvalue weighted by atomic mass is 9.77. The Kier molecular flexibility index (Phi) is 2.79. The van der Waals surface area contributed by atoms with E-state index in [1.165, 1.54) is 0 Å². The second-order valence-electron chi connectivity index (χ2n) is 4.79. The molecule has 98 valence electrons. The first-order chi connectivity index (χ1) is 9.19. The van der Waals surface area contributed by atoms with E-state index in [0.717, 1.165) is 19.3 Å². The summed E-state index contributed by atoms with van der Waals surface area (Å²) < 4.78 is 1.61. The van der Waals surface area contributed by atoms with Crippen molar-refractivity contribution in [1.29, 1.82) is 0 Å². The summed E-state index contributed by atoms with van der Waals surface area (Å²) >= 11 is 0. The maximum Gasteiger partial charge on any atom is 0.244 e. The van der Waals surface area contributed by atoms with Crippen LogP contribution < -0.4 is 11.1 Å². The molecule has 0 unspecified atom stereocenters. The summed E-state index contributed by atoms with van der Waals surface area (Å²) in [5, 5.41) is 6.98. The fourth-order valence-electron chi connectivity index (χ4n) is 2.10. The van der Waals surface area contributed by atoms with Gasteiger partial charge in [0.05, 0.1) is 11.2 Å². The smallest absolute Gasteiger partial charge is 0.244 e. The summed E-state index contributed by atoms with van der Waals surface area (Å²) in [5.41, 5.74) is 5.90. The zero-order valence-electron chi connectivity index (χ0n) is 10.4. The molecule has 1 aliphatic carbocycles. The molecule has 1 amide bonds. The quantitative estimate of drug-likeness (QED) is 0.861. The van der Waals surface area contributed by atoms with E-state index in [-0.39, 0.29) is 5.91 Å². The molecule has 6 heteroatoms. The van der Waals surface area contributed by atoms with Crippen LogP contribution in [0.2, 0.25) is 0 Å². The Hall–Kier alpha value is -2.21. The Morgan fingerprint density at radius 3 is 2.84 bits per heavy atom. The standard InChI is InChI=1S/C13H15N5O/c14-13(5-2-6-13)12(19)17-10-4-1-7-15-11(10)18-9-3-8-16-18/h1,3-4,7-9H,2,5-6,14H2,(H,17,19). The van der Waals surface area contributed by atoms with Gasteiger partial charge in [0, 0.05) is 18.6 Å². The van der Waals surface area contributed by atoms with E-state index >= 15 is 0 Å². The highest BCUT2D eigenvalue weighted by atomic mass is 16.2. The number of nitrogens with two attached hydrogens (primary N) is 1. The molecule has 2 heterocycles. The Morgan fingerprint density at radius 2 is 2.21 bits per heavy atom. The van der Waals surface area contributed by atoms with Crippen LogP contribution in [-0.4, -0.2) is 26.2 Å². The Bertz CT molecular complexity index is 589. The molecule has 3 N–H and O–H groups in total. The predicted octanol–water partition coefficient (Wildman–Crippen LogP) is 1.09. The number of aromatic nitrogens is 3. The minimum atomic E-state index is -0.725. The minimum absolute atomic E-state index is 0.153. The molecule has 6 nitrogen and oxygen atoms in total. The molecule has 0 saturated heterocycles. The van der Waals surface area contributed by atoms with Crippen LogP contribution in [0.3, 0.4) is 0 Å². The van der Waals surface area contributed by atoms with Crippen LogP contribution >= 0.6 is 0 Å². The zero-order valence-corrected chi connectivity index (χ0v) is 10.4. The first-order valence-corrected chi connectivity index (χ1v) is 6.24. The second kappa shape index (κ2) is 4.47. The lowest BCUT2D eigenvalue weighted by Crippen LogP contribution is -2.56. The second-order valence-corrected chi connectivity index (χ2v) is 4.79. The molecule has 3 rings (SSSR count). The average molecular weight is 257 g/mol. The third-order valence-electron chi connectivity index (χ3n) is 3.45. The van der Waals surface area contributed by atoms with Gasteiger partial charge in [0.2, 0.25) is 5.91 Å². The molecule has 0 atom stereocenters. The highest BCUT2D eigenvalue weighted by Gasteiger charge is 2.40. The van der Waals surface area contributed by atoms with E-state index in [2.05, 4.69) is 15.4 Å². The zero-order chi connectivity index (χ0) is 13.3. The number of nitrogens with one attached hydrogen (secondary N) is 1. The van der Waals surface area contributed by atoms with Crippen molar-refractivity contribution in [3.8, 4) is 5.82 Å². The molecule has 0 aliphatic heterocycles. The van der Waals surface area contributed by atoms with Gasteiger partial charge in [-0.2, -0.15) is 5.10 Å². The highest BCUT2D eigenvalue weighted by Crippen LogP contribution is 2.30. The number of carbonyl (C=O) groups excluding carboxylic acids is 1. The van der Waals surface area contributed by atoms with E-state index < -0.39 is 5.54 Å². The molecule has 19 heavy (non-hydrogen) atoms. The van der Waals surface area contributed by atoms with E-state index in [1.54, 1.807) is 41.5 Å². The maximum absolute atomic E-state index is 12.1. The number of amides is 1. The molecular formula is C13H15N5O. The van der Waals surface area contributed by atoms with Crippen molar-refractivity contribution in [2.45, 2.75) is 24.8 Å². The lowest BCUT2D eigenvalue weighted by molar-refractivity contribution is -0.123. The monoisotopic (exact) mass is 257 g/mol. The fraction of sp³-hybridized carbons (Fsp3) is 0.308. The Morgan fingerprint density at radius 1 is 1.37 bits per heavy atom. The van der Waals surface area contributed by atoms with Crippen LogP contribution in [0, 0.1) is 0 Å². The van der Waals surface area contributed by atoms with Gasteiger partial charge in [-0.1, -0.05) is 0 Å². The van der Waals surface area contributed by atoms with E-state index in [1.807, 2.05) is 0 Å². The number of hydrogen-bond acceptors (Lipinski definition) is 4. The van der Waals surface area contributed by atoms with Gasteiger partial charge in [-0.15, -0.1) is 0 Å². The lowest BCUT2D eigenvalue weighted by Gasteiger charge is -2.36. The number of anilines is 1. The number of pyridine rings is 1. The van der Waals surface area contributed by atoms with Crippen LogP contribution in [0.5, 0.6) is 0 Å². The van der Waals surface area contributed by atoms with Crippen molar-refractivity contribution >= 4 is 11.6 Å². The van der Waals surface area contributed by atoms with Gasteiger partial charge < -0.3 is 11.1 Å². The van der Waals surface area contributed by atoms with Gasteiger partial charge in [-0.3, -0.25) is 4.79 Å². The summed E-state index contributed by atoms with van der Waals surface area (Å²) in [6.45, 7) is 0. The normalized spacial score (nSPS) is 16.7. The van der Waals surface area contributed by atoms with Gasteiger partial charge in [0.15, 0.2) is 5.82 Å². The van der Waals surface area contributed by atoms with Crippen molar-refractivity contribution in [3.05, 3.63) is 36.8 Å². The first-order valence-electron chi connectivity index (χ1n) is 6.24. The van der Waals surface area contributed by atoms with Gasteiger partial charge in [0.25, 0.3) is 0 Å². The Balaban J connectivity index is 1.87. The van der Waals surface area contributed by atoms with Gasteiger partial charge in [-0.25, -0.2) is 9.67 Å². The largest absolute Gasteiger partial charge is 0.321 e. The van der Waals surface area contributed by atoms with E-state index in [0.29, 0.717) is 11.5 Å². The van der Waals surface area contributed by atoms with E-state index in [9.17, 15) is 4.79 Å². The molecule has 1 aliphatic rings. The van der Waals surface area contributed by atoms with Crippen molar-refractivity contribution in [3.63, 3.8) is 0 Å². The van der Waals surface area contributed by atoms with Gasteiger partial charge in [0.1, 0.15) is 0 Å². The fourth-order valence-corrected chi connectivity index (χ4v) is 2.10. The molecule has 1 fully saturated rings. The molecule has 1 saturated carbocycles. The highest BCUT2D eigenvalue weighted by molar-refractivity contribution is 5.99. The summed E-state index contributed by atoms with van der Waals surface area (Å²) in [5.74, 6) is 0.434. The van der Waals surface area contributed by atoms with Crippen molar-refractivity contribution in [1.82, 2.24) is 14.8 Å². The van der Waals surface area contributed by atoms with Crippen LogP contribution in [0.1, 0.15) is 19.3 Å². The number of hydrogen-bond donors (Lipinski definition) is 2. The average Bonchev–Trinajstić information content (AvgIpc) is 2.90. The molecule has 2 aromatic rings. The summed E-state index contributed by atoms with van der Waals surface area (Å²) in [6.07, 6.45) is 7.57. The van der Waals surface area contributed by atoms with Crippen LogP contribution in [0.4, 0.5) is 5.69 Å². The topological polar surface area (TPSA) is 85.8 Å².